The highest BCUT2D eigenvalue weighted by Crippen LogP contribution is 2.07. The number of hydrogen-bond acceptors (Lipinski definition) is 4. The van der Waals surface area contributed by atoms with Crippen LogP contribution in [-0.4, -0.2) is 33.7 Å². The number of nitrogens with two attached hydrogens (primary N) is 1. The van der Waals surface area contributed by atoms with Crippen LogP contribution in [0.1, 0.15) is 12.0 Å². The summed E-state index contributed by atoms with van der Waals surface area (Å²) in [4.78, 5) is 11.5. The third kappa shape index (κ3) is 6.21. The number of benzene rings is 1. The minimum atomic E-state index is -3.27. The van der Waals surface area contributed by atoms with Crippen molar-refractivity contribution in [3.8, 4) is 0 Å². The van der Waals surface area contributed by atoms with Gasteiger partial charge in [0.15, 0.2) is 0 Å². The van der Waals surface area contributed by atoms with Crippen LogP contribution in [0.15, 0.2) is 24.3 Å². The van der Waals surface area contributed by atoms with Crippen molar-refractivity contribution in [3.63, 3.8) is 0 Å². The largest absolute Gasteiger partial charge is 0.399 e. The SMILES string of the molecule is CNS(=O)(=O)CCNC(=O)CCc1ccc(N)cc1. The Balaban J connectivity index is 2.27. The fourth-order valence-electron chi connectivity index (χ4n) is 1.46. The maximum absolute atomic E-state index is 11.5. The average Bonchev–Trinajstić information content (AvgIpc) is 2.38. The van der Waals surface area contributed by atoms with Crippen molar-refractivity contribution in [3.05, 3.63) is 29.8 Å². The Bertz CT molecular complexity index is 512. The predicted octanol–water partition coefficient (Wildman–Crippen LogP) is -0.133. The number of anilines is 1. The van der Waals surface area contributed by atoms with E-state index in [-0.39, 0.29) is 18.2 Å². The summed E-state index contributed by atoms with van der Waals surface area (Å²) in [6.07, 6.45) is 0.925. The molecule has 1 rings (SSSR count). The van der Waals surface area contributed by atoms with Crippen LogP contribution in [-0.2, 0) is 21.2 Å². The summed E-state index contributed by atoms with van der Waals surface area (Å²) < 4.78 is 24.4. The normalized spacial score (nSPS) is 11.2. The number of carbonyl (C=O) groups excluding carboxylic acids is 1. The lowest BCUT2D eigenvalue weighted by molar-refractivity contribution is -0.120. The molecule has 7 heteroatoms. The highest BCUT2D eigenvalue weighted by atomic mass is 32.2. The van der Waals surface area contributed by atoms with Gasteiger partial charge in [-0.15, -0.1) is 0 Å². The minimum absolute atomic E-state index is 0.114. The van der Waals surface area contributed by atoms with Gasteiger partial charge in [-0.05, 0) is 31.2 Å². The summed E-state index contributed by atoms with van der Waals surface area (Å²) in [7, 11) is -1.92. The van der Waals surface area contributed by atoms with Crippen LogP contribution < -0.4 is 15.8 Å². The molecule has 0 saturated carbocycles. The Morgan fingerprint density at radius 2 is 1.89 bits per heavy atom. The van der Waals surface area contributed by atoms with E-state index in [9.17, 15) is 13.2 Å². The molecule has 0 spiro atoms. The van der Waals surface area contributed by atoms with Crippen LogP contribution in [0.2, 0.25) is 0 Å². The zero-order valence-electron chi connectivity index (χ0n) is 10.8. The summed E-state index contributed by atoms with van der Waals surface area (Å²) in [5.41, 5.74) is 7.27. The second-order valence-corrected chi connectivity index (χ2v) is 6.16. The Morgan fingerprint density at radius 3 is 2.47 bits per heavy atom. The molecule has 1 aromatic carbocycles. The van der Waals surface area contributed by atoms with Gasteiger partial charge >= 0.3 is 0 Å². The molecular weight excluding hydrogens is 266 g/mol. The Kier molecular flexibility index (Phi) is 5.78. The quantitative estimate of drug-likeness (QED) is 0.607. The number of sulfonamides is 1. The molecule has 0 fully saturated rings. The summed E-state index contributed by atoms with van der Waals surface area (Å²) >= 11 is 0. The summed E-state index contributed by atoms with van der Waals surface area (Å²) in [6, 6.07) is 7.31. The third-order valence-corrected chi connectivity index (χ3v) is 3.99. The van der Waals surface area contributed by atoms with Crippen molar-refractivity contribution in [2.24, 2.45) is 0 Å². The van der Waals surface area contributed by atoms with Gasteiger partial charge in [0.1, 0.15) is 0 Å². The van der Waals surface area contributed by atoms with E-state index in [1.54, 1.807) is 12.1 Å². The molecule has 6 nitrogen and oxygen atoms in total. The lowest BCUT2D eigenvalue weighted by Crippen LogP contribution is -2.33. The molecule has 1 aromatic rings. The second kappa shape index (κ2) is 7.10. The molecule has 0 aromatic heterocycles. The van der Waals surface area contributed by atoms with Crippen molar-refractivity contribution in [1.82, 2.24) is 10.0 Å². The summed E-state index contributed by atoms with van der Waals surface area (Å²) in [6.45, 7) is 0.115. The van der Waals surface area contributed by atoms with Crippen LogP contribution >= 0.6 is 0 Å². The number of carbonyl (C=O) groups is 1. The maximum atomic E-state index is 11.5. The van der Waals surface area contributed by atoms with E-state index in [1.807, 2.05) is 12.1 Å². The molecule has 0 unspecified atom stereocenters. The fourth-order valence-corrected chi connectivity index (χ4v) is 2.03. The standard InChI is InChI=1S/C12H19N3O3S/c1-14-19(17,18)9-8-15-12(16)7-4-10-2-5-11(13)6-3-10/h2-3,5-6,14H,4,7-9,13H2,1H3,(H,15,16). The Morgan fingerprint density at radius 1 is 1.26 bits per heavy atom. The third-order valence-electron chi connectivity index (χ3n) is 2.62. The van der Waals surface area contributed by atoms with Crippen molar-refractivity contribution in [2.45, 2.75) is 12.8 Å². The molecular formula is C12H19N3O3S. The van der Waals surface area contributed by atoms with E-state index >= 15 is 0 Å². The number of aryl methyl sites for hydroxylation is 1. The van der Waals surface area contributed by atoms with Crippen molar-refractivity contribution in [2.75, 3.05) is 25.1 Å². The van der Waals surface area contributed by atoms with Gasteiger partial charge in [0.2, 0.25) is 15.9 Å². The van der Waals surface area contributed by atoms with Gasteiger partial charge in [0.25, 0.3) is 0 Å². The van der Waals surface area contributed by atoms with E-state index in [0.29, 0.717) is 18.5 Å². The van der Waals surface area contributed by atoms with Gasteiger partial charge in [-0.25, -0.2) is 13.1 Å². The Hall–Kier alpha value is -1.60. The van der Waals surface area contributed by atoms with Crippen LogP contribution in [0.3, 0.4) is 0 Å². The molecule has 0 radical (unpaired) electrons. The number of hydrogen-bond donors (Lipinski definition) is 3. The molecule has 0 atom stereocenters. The zero-order valence-corrected chi connectivity index (χ0v) is 11.7. The number of nitrogens with one attached hydrogen (secondary N) is 2. The maximum Gasteiger partial charge on any atom is 0.220 e. The molecule has 4 N–H and O–H groups in total. The predicted molar refractivity (Wildman–Crippen MR) is 75.0 cm³/mol. The lowest BCUT2D eigenvalue weighted by Gasteiger charge is -2.06. The average molecular weight is 285 g/mol. The molecule has 0 saturated heterocycles. The number of amides is 1. The van der Waals surface area contributed by atoms with Crippen LogP contribution in [0, 0.1) is 0 Å². The van der Waals surface area contributed by atoms with E-state index in [1.165, 1.54) is 7.05 Å². The van der Waals surface area contributed by atoms with Crippen LogP contribution in [0.4, 0.5) is 5.69 Å². The second-order valence-electron chi connectivity index (χ2n) is 4.11. The molecule has 0 heterocycles. The van der Waals surface area contributed by atoms with Gasteiger partial charge in [0, 0.05) is 18.7 Å². The molecule has 0 aliphatic heterocycles. The topological polar surface area (TPSA) is 101 Å². The van der Waals surface area contributed by atoms with Crippen LogP contribution in [0.5, 0.6) is 0 Å². The van der Waals surface area contributed by atoms with Gasteiger partial charge in [0.05, 0.1) is 5.75 Å². The fraction of sp³-hybridized carbons (Fsp3) is 0.417. The summed E-state index contributed by atoms with van der Waals surface area (Å²) in [5, 5.41) is 2.57. The van der Waals surface area contributed by atoms with E-state index in [4.69, 9.17) is 5.73 Å². The molecule has 0 aliphatic rings. The first-order valence-electron chi connectivity index (χ1n) is 5.95. The van der Waals surface area contributed by atoms with Crippen molar-refractivity contribution in [1.29, 1.82) is 0 Å². The van der Waals surface area contributed by atoms with Crippen molar-refractivity contribution >= 4 is 21.6 Å². The van der Waals surface area contributed by atoms with E-state index in [2.05, 4.69) is 10.0 Å². The first kappa shape index (κ1) is 15.5. The molecule has 0 aliphatic carbocycles. The van der Waals surface area contributed by atoms with Gasteiger partial charge in [-0.3, -0.25) is 4.79 Å². The minimum Gasteiger partial charge on any atom is -0.399 e. The first-order valence-corrected chi connectivity index (χ1v) is 7.60. The number of nitrogen functional groups attached to an aromatic ring is 1. The van der Waals surface area contributed by atoms with Gasteiger partial charge < -0.3 is 11.1 Å². The monoisotopic (exact) mass is 285 g/mol. The molecule has 106 valence electrons. The molecule has 0 bridgehead atoms. The lowest BCUT2D eigenvalue weighted by atomic mass is 10.1. The van der Waals surface area contributed by atoms with Gasteiger partial charge in [-0.1, -0.05) is 12.1 Å². The Labute approximate surface area is 113 Å². The van der Waals surface area contributed by atoms with Crippen LogP contribution in [0.25, 0.3) is 0 Å². The van der Waals surface area contributed by atoms with E-state index < -0.39 is 10.0 Å². The number of rotatable bonds is 7. The first-order chi connectivity index (χ1) is 8.93. The summed E-state index contributed by atoms with van der Waals surface area (Å²) in [5.74, 6) is -0.278. The molecule has 1 amide bonds. The molecule has 19 heavy (non-hydrogen) atoms. The highest BCUT2D eigenvalue weighted by molar-refractivity contribution is 7.89. The smallest absolute Gasteiger partial charge is 0.220 e. The van der Waals surface area contributed by atoms with E-state index in [0.717, 1.165) is 5.56 Å². The van der Waals surface area contributed by atoms with Crippen molar-refractivity contribution < 1.29 is 13.2 Å². The highest BCUT2D eigenvalue weighted by Gasteiger charge is 2.08. The zero-order chi connectivity index (χ0) is 14.3. The van der Waals surface area contributed by atoms with Gasteiger partial charge in [-0.2, -0.15) is 0 Å².